The number of likely N-dealkylation sites (N-methyl/N-ethyl adjacent to an activating group) is 1. The van der Waals surface area contributed by atoms with Gasteiger partial charge in [-0.2, -0.15) is 0 Å². The van der Waals surface area contributed by atoms with Crippen LogP contribution in [0, 0.1) is 5.82 Å². The molecule has 0 aliphatic carbocycles. The Bertz CT molecular complexity index is 407. The van der Waals surface area contributed by atoms with Crippen molar-refractivity contribution in [2.24, 2.45) is 0 Å². The van der Waals surface area contributed by atoms with E-state index in [1.807, 2.05) is 12.1 Å². The van der Waals surface area contributed by atoms with E-state index in [1.54, 1.807) is 6.07 Å². The van der Waals surface area contributed by atoms with E-state index in [0.29, 0.717) is 6.54 Å². The Morgan fingerprint density at radius 1 is 1.05 bits per heavy atom. The predicted molar refractivity (Wildman–Crippen MR) is 89.5 cm³/mol. The SMILES string of the molecule is CCCNCc1c(F)cccc1N(CCC)CCN(C)C. The van der Waals surface area contributed by atoms with Crippen LogP contribution in [0.2, 0.25) is 0 Å². The van der Waals surface area contributed by atoms with Crippen LogP contribution in [0.4, 0.5) is 10.1 Å². The lowest BCUT2D eigenvalue weighted by Crippen LogP contribution is -2.33. The topological polar surface area (TPSA) is 18.5 Å². The van der Waals surface area contributed by atoms with Crippen molar-refractivity contribution in [1.82, 2.24) is 10.2 Å². The van der Waals surface area contributed by atoms with Gasteiger partial charge in [-0.25, -0.2) is 4.39 Å². The number of halogens is 1. The zero-order valence-electron chi connectivity index (χ0n) is 14.0. The highest BCUT2D eigenvalue weighted by Gasteiger charge is 2.14. The first-order valence-corrected chi connectivity index (χ1v) is 7.97. The Morgan fingerprint density at radius 2 is 1.81 bits per heavy atom. The summed E-state index contributed by atoms with van der Waals surface area (Å²) < 4.78 is 14.2. The molecule has 0 bridgehead atoms. The predicted octanol–water partition coefficient (Wildman–Crippen LogP) is 3.10. The van der Waals surface area contributed by atoms with Crippen LogP contribution in [0.3, 0.4) is 0 Å². The van der Waals surface area contributed by atoms with Crippen LogP contribution in [0.15, 0.2) is 18.2 Å². The molecule has 1 aromatic rings. The van der Waals surface area contributed by atoms with Crippen LogP contribution < -0.4 is 10.2 Å². The van der Waals surface area contributed by atoms with Crippen molar-refractivity contribution in [3.8, 4) is 0 Å². The Morgan fingerprint density at radius 3 is 2.43 bits per heavy atom. The van der Waals surface area contributed by atoms with Crippen molar-refractivity contribution in [1.29, 1.82) is 0 Å². The summed E-state index contributed by atoms with van der Waals surface area (Å²) >= 11 is 0. The molecule has 0 aromatic heterocycles. The third-order valence-electron chi connectivity index (χ3n) is 3.47. The average Bonchev–Trinajstić information content (AvgIpc) is 2.45. The summed E-state index contributed by atoms with van der Waals surface area (Å²) in [5.74, 6) is -0.109. The number of nitrogens with one attached hydrogen (secondary N) is 1. The van der Waals surface area contributed by atoms with Gasteiger partial charge in [0.05, 0.1) is 0 Å². The molecule has 21 heavy (non-hydrogen) atoms. The molecule has 0 radical (unpaired) electrons. The lowest BCUT2D eigenvalue weighted by atomic mass is 10.1. The first kappa shape index (κ1) is 17.9. The fourth-order valence-electron chi connectivity index (χ4n) is 2.35. The molecule has 0 fully saturated rings. The van der Waals surface area contributed by atoms with Gasteiger partial charge < -0.3 is 15.1 Å². The molecule has 1 rings (SSSR count). The van der Waals surface area contributed by atoms with Gasteiger partial charge in [0, 0.05) is 37.4 Å². The molecule has 1 N–H and O–H groups in total. The molecule has 4 heteroatoms. The second-order valence-electron chi connectivity index (χ2n) is 5.70. The highest BCUT2D eigenvalue weighted by Crippen LogP contribution is 2.23. The van der Waals surface area contributed by atoms with Gasteiger partial charge in [0.25, 0.3) is 0 Å². The monoisotopic (exact) mass is 295 g/mol. The molecule has 0 unspecified atom stereocenters. The number of nitrogens with zero attached hydrogens (tertiary/aromatic N) is 2. The van der Waals surface area contributed by atoms with Gasteiger partial charge in [0.15, 0.2) is 0 Å². The quantitative estimate of drug-likeness (QED) is 0.669. The summed E-state index contributed by atoms with van der Waals surface area (Å²) in [5, 5.41) is 3.32. The van der Waals surface area contributed by atoms with Crippen molar-refractivity contribution >= 4 is 5.69 Å². The minimum absolute atomic E-state index is 0.109. The van der Waals surface area contributed by atoms with Crippen LogP contribution in [0.5, 0.6) is 0 Å². The number of rotatable bonds is 10. The molecule has 0 saturated carbocycles. The smallest absolute Gasteiger partial charge is 0.129 e. The highest BCUT2D eigenvalue weighted by molar-refractivity contribution is 5.54. The largest absolute Gasteiger partial charge is 0.370 e. The Labute approximate surface area is 129 Å². The standard InChI is InChI=1S/C17H30FN3/c1-5-10-19-14-15-16(18)8-7-9-17(15)21(11-6-2)13-12-20(3)4/h7-9,19H,5-6,10-14H2,1-4H3. The zero-order valence-corrected chi connectivity index (χ0v) is 14.0. The van der Waals surface area contributed by atoms with Gasteiger partial charge in [-0.3, -0.25) is 0 Å². The lowest BCUT2D eigenvalue weighted by Gasteiger charge is -2.28. The molecule has 0 amide bonds. The summed E-state index contributed by atoms with van der Waals surface area (Å²) in [5.41, 5.74) is 1.82. The Hall–Kier alpha value is -1.13. The second kappa shape index (κ2) is 9.74. The molecular weight excluding hydrogens is 265 g/mol. The molecule has 0 heterocycles. The van der Waals surface area contributed by atoms with Crippen molar-refractivity contribution in [2.45, 2.75) is 33.2 Å². The fourth-order valence-corrected chi connectivity index (χ4v) is 2.35. The molecule has 120 valence electrons. The van der Waals surface area contributed by atoms with Crippen molar-refractivity contribution in [2.75, 3.05) is 45.2 Å². The molecule has 0 atom stereocenters. The molecule has 0 saturated heterocycles. The van der Waals surface area contributed by atoms with E-state index in [-0.39, 0.29) is 5.82 Å². The normalized spacial score (nSPS) is 11.1. The number of hydrogen-bond donors (Lipinski definition) is 1. The summed E-state index contributed by atoms with van der Waals surface area (Å²) in [6.45, 7) is 8.64. The molecule has 0 spiro atoms. The van der Waals surface area contributed by atoms with Crippen molar-refractivity contribution in [3.63, 3.8) is 0 Å². The average molecular weight is 295 g/mol. The molecular formula is C17H30FN3. The summed E-state index contributed by atoms with van der Waals surface area (Å²) in [6, 6.07) is 5.41. The molecule has 0 aliphatic rings. The lowest BCUT2D eigenvalue weighted by molar-refractivity contribution is 0.412. The summed E-state index contributed by atoms with van der Waals surface area (Å²) in [4.78, 5) is 4.46. The number of benzene rings is 1. The molecule has 3 nitrogen and oxygen atoms in total. The number of hydrogen-bond acceptors (Lipinski definition) is 3. The van der Waals surface area contributed by atoms with E-state index in [2.05, 4.69) is 43.1 Å². The minimum atomic E-state index is -0.109. The van der Waals surface area contributed by atoms with E-state index in [1.165, 1.54) is 0 Å². The highest BCUT2D eigenvalue weighted by atomic mass is 19.1. The van der Waals surface area contributed by atoms with Gasteiger partial charge in [0.2, 0.25) is 0 Å². The zero-order chi connectivity index (χ0) is 15.7. The van der Waals surface area contributed by atoms with E-state index in [9.17, 15) is 4.39 Å². The maximum atomic E-state index is 14.2. The van der Waals surface area contributed by atoms with E-state index in [4.69, 9.17) is 0 Å². The molecule has 0 aliphatic heterocycles. The van der Waals surface area contributed by atoms with Gasteiger partial charge in [-0.1, -0.05) is 19.9 Å². The van der Waals surface area contributed by atoms with Crippen LogP contribution >= 0.6 is 0 Å². The fraction of sp³-hybridized carbons (Fsp3) is 0.647. The summed E-state index contributed by atoms with van der Waals surface area (Å²) in [6.07, 6.45) is 2.12. The van der Waals surface area contributed by atoms with Crippen LogP contribution in [0.25, 0.3) is 0 Å². The summed E-state index contributed by atoms with van der Waals surface area (Å²) in [7, 11) is 4.14. The van der Waals surface area contributed by atoms with Crippen LogP contribution in [-0.4, -0.2) is 45.2 Å². The van der Waals surface area contributed by atoms with Crippen molar-refractivity contribution in [3.05, 3.63) is 29.6 Å². The first-order chi connectivity index (χ1) is 10.1. The van der Waals surface area contributed by atoms with Crippen LogP contribution in [0.1, 0.15) is 32.3 Å². The third kappa shape index (κ3) is 6.02. The second-order valence-corrected chi connectivity index (χ2v) is 5.70. The van der Waals surface area contributed by atoms with Gasteiger partial charge in [0.1, 0.15) is 5.82 Å². The third-order valence-corrected chi connectivity index (χ3v) is 3.47. The maximum Gasteiger partial charge on any atom is 0.129 e. The van der Waals surface area contributed by atoms with Crippen molar-refractivity contribution < 1.29 is 4.39 Å². The van der Waals surface area contributed by atoms with E-state index < -0.39 is 0 Å². The van der Waals surface area contributed by atoms with Gasteiger partial charge >= 0.3 is 0 Å². The van der Waals surface area contributed by atoms with Gasteiger partial charge in [-0.15, -0.1) is 0 Å². The minimum Gasteiger partial charge on any atom is -0.370 e. The van der Waals surface area contributed by atoms with Gasteiger partial charge in [-0.05, 0) is 45.6 Å². The van der Waals surface area contributed by atoms with Crippen LogP contribution in [-0.2, 0) is 6.54 Å². The van der Waals surface area contributed by atoms with E-state index in [0.717, 1.165) is 50.3 Å². The maximum absolute atomic E-state index is 14.2. The number of anilines is 1. The Kier molecular flexibility index (Phi) is 8.31. The van der Waals surface area contributed by atoms with E-state index >= 15 is 0 Å². The first-order valence-electron chi connectivity index (χ1n) is 7.97. The Balaban J connectivity index is 2.91. The molecule has 1 aromatic carbocycles.